The Kier molecular flexibility index (Phi) is 27.9. The number of likely N-dealkylation sites (N-methyl/N-ethyl adjacent to an activating group) is 1. The van der Waals surface area contributed by atoms with Crippen LogP contribution in [0.2, 0.25) is 0 Å². The maximum absolute atomic E-state index is 14.5. The summed E-state index contributed by atoms with van der Waals surface area (Å²) in [6.45, 7) is 11.5. The third-order valence-corrected chi connectivity index (χ3v) is 24.1. The fraction of sp³-hybridized carbons (Fsp3) is 0.524. The Labute approximate surface area is 686 Å². The number of carbonyl (C=O) groups is 7. The number of para-hydroxylation sites is 1. The van der Waals surface area contributed by atoms with Gasteiger partial charge in [0.2, 0.25) is 35.4 Å². The number of anilines is 4. The number of amides is 7. The van der Waals surface area contributed by atoms with Crippen LogP contribution in [0.4, 0.5) is 22.9 Å². The summed E-state index contributed by atoms with van der Waals surface area (Å²) in [5.74, 6) is -2.28. The van der Waals surface area contributed by atoms with Crippen molar-refractivity contribution in [2.75, 3.05) is 121 Å². The summed E-state index contributed by atoms with van der Waals surface area (Å²) in [5.41, 5.74) is 11.1. The first kappa shape index (κ1) is 85.5. The van der Waals surface area contributed by atoms with Crippen molar-refractivity contribution in [1.29, 1.82) is 5.26 Å². The second kappa shape index (κ2) is 38.5. The third kappa shape index (κ3) is 21.3. The number of piperazine rings is 1. The van der Waals surface area contributed by atoms with Gasteiger partial charge in [0.25, 0.3) is 17.7 Å². The molecule has 2 unspecified atom stereocenters. The van der Waals surface area contributed by atoms with E-state index in [1.54, 1.807) is 49.4 Å². The molecule has 6 aromatic rings. The van der Waals surface area contributed by atoms with Gasteiger partial charge in [-0.05, 0) is 163 Å². The molecule has 7 aliphatic rings. The van der Waals surface area contributed by atoms with Crippen molar-refractivity contribution in [3.05, 3.63) is 138 Å². The highest BCUT2D eigenvalue weighted by atomic mass is 31.2. The van der Waals surface area contributed by atoms with Gasteiger partial charge in [0.15, 0.2) is 11.6 Å². The number of imide groups is 1. The van der Waals surface area contributed by atoms with E-state index >= 15 is 0 Å². The van der Waals surface area contributed by atoms with Gasteiger partial charge >= 0.3 is 7.82 Å². The number of ether oxygens (including phenoxy) is 4. The monoisotopic (exact) mass is 1640 g/mol. The topological polar surface area (TPSA) is 408 Å². The maximum Gasteiger partial charge on any atom is 0.469 e. The lowest BCUT2D eigenvalue weighted by atomic mass is 9.67. The zero-order valence-electron chi connectivity index (χ0n) is 67.7. The summed E-state index contributed by atoms with van der Waals surface area (Å²) in [6.07, 6.45) is 11.7. The van der Waals surface area contributed by atoms with E-state index in [4.69, 9.17) is 33.7 Å². The third-order valence-electron chi connectivity index (χ3n) is 23.5. The molecule has 8 heterocycles. The number of nitrogens with two attached hydrogens (primary N) is 1. The molecule has 34 heteroatoms. The van der Waals surface area contributed by atoms with Gasteiger partial charge in [0.05, 0.1) is 47.4 Å². The number of nitriles is 1. The van der Waals surface area contributed by atoms with Gasteiger partial charge in [-0.25, -0.2) is 9.55 Å². The molecule has 3 aromatic heterocycles. The molecule has 3 aromatic carbocycles. The van der Waals surface area contributed by atoms with Crippen LogP contribution in [0.15, 0.2) is 120 Å². The van der Waals surface area contributed by atoms with E-state index in [0.29, 0.717) is 106 Å². The first-order valence-electron chi connectivity index (χ1n) is 40.9. The molecule has 0 spiro atoms. The van der Waals surface area contributed by atoms with Gasteiger partial charge in [0, 0.05) is 144 Å². The molecule has 2 aliphatic carbocycles. The highest BCUT2D eigenvalue weighted by molar-refractivity contribution is 7.46. The van der Waals surface area contributed by atoms with Gasteiger partial charge in [0.1, 0.15) is 48.5 Å². The van der Waals surface area contributed by atoms with Crippen LogP contribution in [-0.2, 0) is 54.0 Å². The summed E-state index contributed by atoms with van der Waals surface area (Å²) in [5, 5.41) is 34.2. The largest absolute Gasteiger partial charge is 0.488 e. The van der Waals surface area contributed by atoms with Crippen LogP contribution in [0, 0.1) is 22.7 Å². The second-order valence-corrected chi connectivity index (χ2v) is 33.8. The lowest BCUT2D eigenvalue weighted by Crippen LogP contribution is -2.59. The summed E-state index contributed by atoms with van der Waals surface area (Å²) >= 11 is 0. The number of benzene rings is 3. The molecular weight excluding hydrogens is 1530 g/mol. The van der Waals surface area contributed by atoms with Crippen LogP contribution in [0.5, 0.6) is 17.5 Å². The van der Waals surface area contributed by atoms with E-state index in [2.05, 4.69) is 79.4 Å². The van der Waals surface area contributed by atoms with Crippen molar-refractivity contribution in [3.63, 3.8) is 0 Å². The maximum atomic E-state index is 14.5. The molecule has 33 nitrogen and oxygen atoms in total. The Morgan fingerprint density at radius 3 is 2.19 bits per heavy atom. The SMILES string of the molecule is CC(C)[C@@H](C(=O)N1C[C@H](OP(=O)(O)O)C[C@H]1C(=O)N[C@@H](C)c1ccc(C#N)cc1)c1cc(OCCN2CCC(OC3CC(Oc4cc(N5C6CCC5CN(c5cc(-c7ccccc7OCc7ccc(NC(=O)[C@H](CCCCN(C)C)NC(=O)C8(C(=O)NCCN(C)CCN9C(=O)C=CC9=O)CCC8)cc7)nnc5N)C6)ccn4)C3)CC2)no1. The number of fused-ring (bicyclic) bond motifs is 2. The number of nitrogen functional groups attached to an aromatic ring is 1. The van der Waals surface area contributed by atoms with Crippen LogP contribution in [-0.4, -0.2) is 244 Å². The van der Waals surface area contributed by atoms with Crippen LogP contribution in [0.25, 0.3) is 11.3 Å². The summed E-state index contributed by atoms with van der Waals surface area (Å²) in [6, 6.07) is 29.3. The molecular formula is C84H108N17O16P. The molecule has 7 amide bonds. The van der Waals surface area contributed by atoms with E-state index in [1.165, 1.54) is 22.0 Å². The molecule has 118 heavy (non-hydrogen) atoms. The molecule has 13 rings (SSSR count). The van der Waals surface area contributed by atoms with Gasteiger partial charge in [-0.15, -0.1) is 10.2 Å². The van der Waals surface area contributed by atoms with Crippen LogP contribution in [0.1, 0.15) is 139 Å². The molecule has 2 saturated carbocycles. The van der Waals surface area contributed by atoms with Crippen molar-refractivity contribution < 1.29 is 75.9 Å². The van der Waals surface area contributed by atoms with E-state index < -0.39 is 61.1 Å². The van der Waals surface area contributed by atoms with E-state index in [9.17, 15) is 53.2 Å². The van der Waals surface area contributed by atoms with Gasteiger partial charge in [-0.1, -0.05) is 56.7 Å². The number of hydrogen-bond donors (Lipinski definition) is 7. The Bertz CT molecular complexity index is 4620. The van der Waals surface area contributed by atoms with E-state index in [-0.39, 0.29) is 104 Å². The Balaban J connectivity index is 0.536. The number of aromatic nitrogens is 4. The summed E-state index contributed by atoms with van der Waals surface area (Å²) in [4.78, 5) is 132. The zero-order chi connectivity index (χ0) is 83.4. The number of rotatable bonds is 38. The lowest BCUT2D eigenvalue weighted by molar-refractivity contribution is -0.151. The number of likely N-dealkylation sites (tertiary alicyclic amines) is 2. The number of unbranched alkanes of at least 4 members (excludes halogenated alkanes) is 1. The quantitative estimate of drug-likeness (QED) is 0.00898. The van der Waals surface area contributed by atoms with Gasteiger partial charge in [-0.3, -0.25) is 47.9 Å². The predicted molar refractivity (Wildman–Crippen MR) is 436 cm³/mol. The molecule has 8 N–H and O–H groups in total. The molecule has 4 saturated heterocycles. The van der Waals surface area contributed by atoms with Crippen LogP contribution in [0.3, 0.4) is 0 Å². The van der Waals surface area contributed by atoms with Crippen LogP contribution >= 0.6 is 7.82 Å². The van der Waals surface area contributed by atoms with Crippen LogP contribution < -0.4 is 51.0 Å². The number of hydrogen-bond acceptors (Lipinski definition) is 25. The van der Waals surface area contributed by atoms with Crippen molar-refractivity contribution >= 4 is 72.1 Å². The zero-order valence-corrected chi connectivity index (χ0v) is 68.6. The average molecular weight is 1640 g/mol. The minimum absolute atomic E-state index is 0.0209. The van der Waals surface area contributed by atoms with Crippen molar-refractivity contribution in [3.8, 4) is 34.8 Å². The van der Waals surface area contributed by atoms with Gasteiger partial charge in [-0.2, -0.15) is 5.26 Å². The fourth-order valence-electron chi connectivity index (χ4n) is 16.7. The number of carbonyl (C=O) groups excluding carboxylic acids is 7. The first-order chi connectivity index (χ1) is 56.7. The Morgan fingerprint density at radius 2 is 1.51 bits per heavy atom. The molecule has 630 valence electrons. The van der Waals surface area contributed by atoms with E-state index in [1.807, 2.05) is 88.6 Å². The number of phosphoric acid groups is 1. The van der Waals surface area contributed by atoms with Crippen molar-refractivity contribution in [1.82, 2.24) is 60.8 Å². The molecule has 6 fully saturated rings. The van der Waals surface area contributed by atoms with Gasteiger partial charge < -0.3 is 84.8 Å². The lowest BCUT2D eigenvalue weighted by Gasteiger charge is -2.43. The predicted octanol–water partition coefficient (Wildman–Crippen LogP) is 6.88. The second-order valence-electron chi connectivity index (χ2n) is 32.6. The number of pyridine rings is 1. The highest BCUT2D eigenvalue weighted by Gasteiger charge is 2.52. The highest BCUT2D eigenvalue weighted by Crippen LogP contribution is 2.45. The molecule has 5 aliphatic heterocycles. The van der Waals surface area contributed by atoms with E-state index in [0.717, 1.165) is 92.6 Å². The number of nitrogens with one attached hydrogen (secondary N) is 4. The minimum atomic E-state index is -4.96. The number of nitrogens with zero attached hydrogens (tertiary/aromatic N) is 12. The summed E-state index contributed by atoms with van der Waals surface area (Å²) in [7, 11) is 0.827. The number of phosphoric ester groups is 1. The standard InChI is InChI=1S/C84H108N17O16P/c1-53(2)77(81(106)100-51-65(117-118(109,110)111)45-70(100)80(105)89-54(3)57-19-15-55(48-85)16-20-57)72-47-74(94-116-72)112-41-40-97-35-28-62(29-36-97)114-63-43-64(44-63)115-73-42-59(27-32-87-73)101-60-23-24-61(101)50-98(49-60)69-46-68(92-93-78(69)86)66-12-7-8-14-71(66)113-52-56-17-21-58(22-18-56)90-79(104)67(13-9-10-34-95(4)5)91-83(108)84(30-11-31-84)82(107)88-33-37-96(6)38-39-99-75(102)25-26-76(99)103/h7-8,12,14-22,25-27,32,42,46-47,53-54,60-65,67,70,77H,9-11,13,23-24,28-31,33-41,43-45,49-52H2,1-6H3,(H2,86,93)(H,88,107)(H,89,105)(H,90,104)(H,91,108)(H2,109,110,111)/t54-,60?,61?,63?,64?,65+,67-,70-,77+/m0/s1. The minimum Gasteiger partial charge on any atom is -0.488 e. The Morgan fingerprint density at radius 1 is 0.780 bits per heavy atom. The fourth-order valence-corrected chi connectivity index (χ4v) is 17.3. The Hall–Kier alpha value is -10.4. The molecule has 7 atom stereocenters. The smallest absolute Gasteiger partial charge is 0.469 e. The number of piperidine rings is 1. The molecule has 0 radical (unpaired) electrons. The summed E-state index contributed by atoms with van der Waals surface area (Å²) < 4.78 is 48.3. The van der Waals surface area contributed by atoms with Crippen molar-refractivity contribution in [2.24, 2.45) is 11.3 Å². The molecule has 2 bridgehead atoms. The first-order valence-corrected chi connectivity index (χ1v) is 42.5. The normalized spacial score (nSPS) is 21.3. The average Bonchev–Trinajstić information content (AvgIpc) is 1.70. The van der Waals surface area contributed by atoms with Crippen molar-refractivity contribution in [2.45, 2.75) is 171 Å².